The Balaban J connectivity index is 1.37. The molecule has 1 fully saturated rings. The molecule has 2 heterocycles. The predicted molar refractivity (Wildman–Crippen MR) is 97.3 cm³/mol. The van der Waals surface area contributed by atoms with E-state index in [0.717, 1.165) is 24.8 Å². The van der Waals surface area contributed by atoms with Crippen LogP contribution in [0, 0.1) is 0 Å². The Labute approximate surface area is 151 Å². The smallest absolute Gasteiger partial charge is 0.230 e. The van der Waals surface area contributed by atoms with Gasteiger partial charge < -0.3 is 19.3 Å². The molecule has 26 heavy (non-hydrogen) atoms. The van der Waals surface area contributed by atoms with Crippen LogP contribution in [-0.4, -0.2) is 30.4 Å². The third kappa shape index (κ3) is 3.86. The molecule has 0 saturated carbocycles. The van der Waals surface area contributed by atoms with E-state index >= 15 is 0 Å². The van der Waals surface area contributed by atoms with Crippen LogP contribution < -0.4 is 10.1 Å². The molecule has 1 unspecified atom stereocenters. The molecule has 0 radical (unpaired) electrons. The van der Waals surface area contributed by atoms with E-state index in [0.29, 0.717) is 29.3 Å². The largest absolute Gasteiger partial charge is 0.491 e. The summed E-state index contributed by atoms with van der Waals surface area (Å²) in [5.41, 5.74) is 2.00. The second-order valence-electron chi connectivity index (χ2n) is 6.32. The van der Waals surface area contributed by atoms with Crippen molar-refractivity contribution in [3.8, 4) is 5.75 Å². The van der Waals surface area contributed by atoms with Crippen LogP contribution in [0.3, 0.4) is 0 Å². The molecule has 1 N–H and O–H groups in total. The number of amides is 1. The fraction of sp³-hybridized carbons (Fsp3) is 0.300. The summed E-state index contributed by atoms with van der Waals surface area (Å²) >= 11 is 0. The van der Waals surface area contributed by atoms with Gasteiger partial charge in [-0.05, 0) is 37.1 Å². The molecule has 0 bridgehead atoms. The first-order chi connectivity index (χ1) is 12.8. The van der Waals surface area contributed by atoms with Gasteiger partial charge >= 0.3 is 0 Å². The van der Waals surface area contributed by atoms with Crippen LogP contribution in [0.25, 0.3) is 11.0 Å². The van der Waals surface area contributed by atoms with E-state index in [4.69, 9.17) is 14.0 Å². The first kappa shape index (κ1) is 16.6. The third-order valence-electron chi connectivity index (χ3n) is 4.36. The molecule has 134 valence electrons. The Morgan fingerprint density at radius 3 is 3.04 bits per heavy atom. The average molecular weight is 352 g/mol. The van der Waals surface area contributed by atoms with E-state index in [9.17, 15) is 4.79 Å². The number of hydrogen-bond acceptors (Lipinski definition) is 5. The minimum Gasteiger partial charge on any atom is -0.491 e. The number of aromatic nitrogens is 1. The quantitative estimate of drug-likeness (QED) is 0.734. The van der Waals surface area contributed by atoms with Crippen molar-refractivity contribution in [1.82, 2.24) is 5.16 Å². The lowest BCUT2D eigenvalue weighted by Crippen LogP contribution is -2.17. The van der Waals surface area contributed by atoms with Gasteiger partial charge in [-0.1, -0.05) is 23.4 Å². The van der Waals surface area contributed by atoms with Crippen LogP contribution in [0.5, 0.6) is 5.75 Å². The van der Waals surface area contributed by atoms with Gasteiger partial charge in [0, 0.05) is 23.7 Å². The highest BCUT2D eigenvalue weighted by atomic mass is 16.5. The molecular weight excluding hydrogens is 332 g/mol. The number of ether oxygens (including phenoxy) is 2. The fourth-order valence-corrected chi connectivity index (χ4v) is 3.05. The molecule has 1 saturated heterocycles. The van der Waals surface area contributed by atoms with Crippen LogP contribution >= 0.6 is 0 Å². The zero-order valence-electron chi connectivity index (χ0n) is 14.3. The molecule has 0 spiro atoms. The van der Waals surface area contributed by atoms with Gasteiger partial charge in [0.05, 0.1) is 12.5 Å². The number of benzene rings is 2. The maximum Gasteiger partial charge on any atom is 0.230 e. The molecule has 6 heteroatoms. The van der Waals surface area contributed by atoms with Crippen molar-refractivity contribution < 1.29 is 18.8 Å². The fourth-order valence-electron chi connectivity index (χ4n) is 3.05. The second kappa shape index (κ2) is 7.58. The average Bonchev–Trinajstić information content (AvgIpc) is 3.31. The van der Waals surface area contributed by atoms with Crippen molar-refractivity contribution in [1.29, 1.82) is 0 Å². The summed E-state index contributed by atoms with van der Waals surface area (Å²) in [4.78, 5) is 12.3. The topological polar surface area (TPSA) is 73.6 Å². The third-order valence-corrected chi connectivity index (χ3v) is 4.36. The molecule has 0 aliphatic carbocycles. The maximum atomic E-state index is 12.3. The number of para-hydroxylation sites is 1. The molecule has 4 rings (SSSR count). The molecule has 3 aromatic rings. The Kier molecular flexibility index (Phi) is 4.84. The number of carbonyl (C=O) groups excluding carboxylic acids is 1. The predicted octanol–water partition coefficient (Wildman–Crippen LogP) is 3.57. The van der Waals surface area contributed by atoms with Gasteiger partial charge in [0.25, 0.3) is 0 Å². The summed E-state index contributed by atoms with van der Waals surface area (Å²) in [7, 11) is 0. The zero-order valence-corrected chi connectivity index (χ0v) is 14.3. The Bertz CT molecular complexity index is 899. The first-order valence-electron chi connectivity index (χ1n) is 8.75. The van der Waals surface area contributed by atoms with Crippen molar-refractivity contribution in [2.45, 2.75) is 25.4 Å². The van der Waals surface area contributed by atoms with E-state index in [1.165, 1.54) is 0 Å². The van der Waals surface area contributed by atoms with Crippen molar-refractivity contribution in [3.63, 3.8) is 0 Å². The van der Waals surface area contributed by atoms with Gasteiger partial charge in [0.2, 0.25) is 5.91 Å². The van der Waals surface area contributed by atoms with Crippen LogP contribution in [0.2, 0.25) is 0 Å². The summed E-state index contributed by atoms with van der Waals surface area (Å²) in [6, 6.07) is 14.9. The summed E-state index contributed by atoms with van der Waals surface area (Å²) in [5, 5.41) is 7.73. The lowest BCUT2D eigenvalue weighted by atomic mass is 10.1. The number of fused-ring (bicyclic) bond motifs is 1. The molecular formula is C20H20N2O4. The molecule has 1 atom stereocenters. The number of anilines is 1. The lowest BCUT2D eigenvalue weighted by Gasteiger charge is -2.12. The van der Waals surface area contributed by atoms with Gasteiger partial charge in [0.15, 0.2) is 5.58 Å². The summed E-state index contributed by atoms with van der Waals surface area (Å²) in [6.45, 7) is 1.34. The summed E-state index contributed by atoms with van der Waals surface area (Å²) in [5.74, 6) is 0.561. The second-order valence-corrected chi connectivity index (χ2v) is 6.32. The summed E-state index contributed by atoms with van der Waals surface area (Å²) in [6.07, 6.45) is 2.43. The Morgan fingerprint density at radius 2 is 2.15 bits per heavy atom. The van der Waals surface area contributed by atoms with E-state index in [2.05, 4.69) is 10.5 Å². The van der Waals surface area contributed by atoms with E-state index in [1.807, 2.05) is 48.5 Å². The number of rotatable bonds is 6. The number of hydrogen-bond donors (Lipinski definition) is 1. The number of carbonyl (C=O) groups is 1. The molecule has 1 aliphatic rings. The monoisotopic (exact) mass is 352 g/mol. The highest BCUT2D eigenvalue weighted by molar-refractivity contribution is 5.94. The number of nitrogens with one attached hydrogen (secondary N) is 1. The highest BCUT2D eigenvalue weighted by Crippen LogP contribution is 2.21. The Hall–Kier alpha value is -2.86. The SMILES string of the molecule is O=C(Cc1noc2ccccc12)Nc1cccc(OCC2CCCO2)c1. The first-order valence-corrected chi connectivity index (χ1v) is 8.75. The van der Waals surface area contributed by atoms with Gasteiger partial charge in [0.1, 0.15) is 18.1 Å². The van der Waals surface area contributed by atoms with Crippen LogP contribution in [-0.2, 0) is 16.0 Å². The van der Waals surface area contributed by atoms with Crippen molar-refractivity contribution in [3.05, 3.63) is 54.2 Å². The van der Waals surface area contributed by atoms with Crippen LogP contribution in [0.15, 0.2) is 53.1 Å². The van der Waals surface area contributed by atoms with Crippen LogP contribution in [0.1, 0.15) is 18.5 Å². The summed E-state index contributed by atoms with van der Waals surface area (Å²) < 4.78 is 16.6. The van der Waals surface area contributed by atoms with Gasteiger partial charge in [-0.25, -0.2) is 0 Å². The van der Waals surface area contributed by atoms with E-state index in [1.54, 1.807) is 0 Å². The minimum absolute atomic E-state index is 0.151. The van der Waals surface area contributed by atoms with Gasteiger partial charge in [-0.2, -0.15) is 0 Å². The highest BCUT2D eigenvalue weighted by Gasteiger charge is 2.16. The Morgan fingerprint density at radius 1 is 1.23 bits per heavy atom. The lowest BCUT2D eigenvalue weighted by molar-refractivity contribution is -0.115. The van der Waals surface area contributed by atoms with Crippen LogP contribution in [0.4, 0.5) is 5.69 Å². The zero-order chi connectivity index (χ0) is 17.8. The van der Waals surface area contributed by atoms with Gasteiger partial charge in [-0.15, -0.1) is 0 Å². The molecule has 1 amide bonds. The molecule has 1 aliphatic heterocycles. The standard InChI is InChI=1S/C20H20N2O4/c23-20(12-18-17-8-1-2-9-19(17)26-22-18)21-14-5-3-6-15(11-14)25-13-16-7-4-10-24-16/h1-3,5-6,8-9,11,16H,4,7,10,12-13H2,(H,21,23). The van der Waals surface area contributed by atoms with Gasteiger partial charge in [-0.3, -0.25) is 4.79 Å². The maximum absolute atomic E-state index is 12.3. The molecule has 2 aromatic carbocycles. The van der Waals surface area contributed by atoms with Crippen molar-refractivity contribution in [2.75, 3.05) is 18.5 Å². The van der Waals surface area contributed by atoms with E-state index < -0.39 is 0 Å². The molecule has 6 nitrogen and oxygen atoms in total. The minimum atomic E-state index is -0.152. The molecule has 1 aromatic heterocycles. The van der Waals surface area contributed by atoms with Crippen molar-refractivity contribution in [2.24, 2.45) is 0 Å². The normalized spacial score (nSPS) is 16.7. The van der Waals surface area contributed by atoms with E-state index in [-0.39, 0.29) is 18.4 Å². The van der Waals surface area contributed by atoms with Crippen molar-refractivity contribution >= 4 is 22.6 Å². The number of nitrogens with zero attached hydrogens (tertiary/aromatic N) is 1.